The highest BCUT2D eigenvalue weighted by Gasteiger charge is 2.12. The van der Waals surface area contributed by atoms with Gasteiger partial charge >= 0.3 is 6.03 Å². The molecular formula is C13H14N6O2. The van der Waals surface area contributed by atoms with Gasteiger partial charge in [0.15, 0.2) is 0 Å². The maximum Gasteiger partial charge on any atom is 0.334 e. The van der Waals surface area contributed by atoms with E-state index in [1.807, 2.05) is 6.07 Å². The number of hydrazine groups is 1. The smallest absolute Gasteiger partial charge is 0.329 e. The van der Waals surface area contributed by atoms with Crippen molar-refractivity contribution in [3.63, 3.8) is 0 Å². The highest BCUT2D eigenvalue weighted by molar-refractivity contribution is 5.93. The molecule has 0 saturated heterocycles. The Bertz CT molecular complexity index is 605. The molecule has 1 unspecified atom stereocenters. The fourth-order valence-electron chi connectivity index (χ4n) is 1.53. The van der Waals surface area contributed by atoms with Gasteiger partial charge in [-0.1, -0.05) is 6.07 Å². The van der Waals surface area contributed by atoms with E-state index in [0.717, 1.165) is 0 Å². The van der Waals surface area contributed by atoms with E-state index in [1.165, 1.54) is 18.6 Å². The van der Waals surface area contributed by atoms with Gasteiger partial charge in [0.25, 0.3) is 5.91 Å². The number of amides is 3. The lowest BCUT2D eigenvalue weighted by atomic mass is 10.2. The summed E-state index contributed by atoms with van der Waals surface area (Å²) in [5.41, 5.74) is 5.29. The van der Waals surface area contributed by atoms with Crippen molar-refractivity contribution in [2.24, 2.45) is 0 Å². The van der Waals surface area contributed by atoms with Gasteiger partial charge in [-0.05, 0) is 19.1 Å². The van der Waals surface area contributed by atoms with E-state index in [4.69, 9.17) is 0 Å². The molecule has 2 rings (SSSR count). The van der Waals surface area contributed by atoms with Crippen molar-refractivity contribution in [1.29, 1.82) is 0 Å². The third kappa shape index (κ3) is 4.23. The Kier molecular flexibility index (Phi) is 4.75. The second kappa shape index (κ2) is 6.94. The molecule has 3 N–H and O–H groups in total. The lowest BCUT2D eigenvalue weighted by Gasteiger charge is -2.14. The van der Waals surface area contributed by atoms with E-state index in [0.29, 0.717) is 5.69 Å². The molecule has 2 aromatic rings. The third-order valence-corrected chi connectivity index (χ3v) is 2.56. The molecule has 0 saturated carbocycles. The average Bonchev–Trinajstić information content (AvgIpc) is 2.54. The summed E-state index contributed by atoms with van der Waals surface area (Å²) in [6, 6.07) is 4.57. The quantitative estimate of drug-likeness (QED) is 0.715. The molecule has 0 fully saturated rings. The van der Waals surface area contributed by atoms with Crippen LogP contribution in [0.4, 0.5) is 4.79 Å². The molecule has 0 aromatic carbocycles. The molecule has 2 aromatic heterocycles. The molecule has 8 heteroatoms. The van der Waals surface area contributed by atoms with Gasteiger partial charge < -0.3 is 5.32 Å². The molecule has 1 atom stereocenters. The minimum Gasteiger partial charge on any atom is -0.329 e. The van der Waals surface area contributed by atoms with Crippen LogP contribution in [-0.2, 0) is 0 Å². The number of rotatable bonds is 3. The summed E-state index contributed by atoms with van der Waals surface area (Å²) >= 11 is 0. The van der Waals surface area contributed by atoms with Gasteiger partial charge in [-0.2, -0.15) is 0 Å². The Morgan fingerprint density at radius 3 is 2.62 bits per heavy atom. The Balaban J connectivity index is 1.81. The van der Waals surface area contributed by atoms with Gasteiger partial charge in [0.05, 0.1) is 17.9 Å². The fraction of sp³-hybridized carbons (Fsp3) is 0.154. The molecule has 0 aliphatic carbocycles. The second-order valence-corrected chi connectivity index (χ2v) is 4.12. The summed E-state index contributed by atoms with van der Waals surface area (Å²) in [6.07, 6.45) is 5.77. The number of carbonyl (C=O) groups is 2. The zero-order chi connectivity index (χ0) is 15.1. The maximum atomic E-state index is 11.7. The lowest BCUT2D eigenvalue weighted by Crippen LogP contribution is -2.47. The molecule has 8 nitrogen and oxygen atoms in total. The van der Waals surface area contributed by atoms with Crippen LogP contribution in [0.3, 0.4) is 0 Å². The van der Waals surface area contributed by atoms with Gasteiger partial charge in [0, 0.05) is 18.6 Å². The van der Waals surface area contributed by atoms with Crippen molar-refractivity contribution in [3.05, 3.63) is 54.4 Å². The standard InChI is InChI=1S/C13H14N6O2/c1-9(10-4-2-3-5-15-10)17-13(21)19-18-12(20)11-8-14-6-7-16-11/h2-9H,1H3,(H,18,20)(H2,17,19,21). The molecule has 0 radical (unpaired) electrons. The van der Waals surface area contributed by atoms with E-state index in [2.05, 4.69) is 31.1 Å². The molecule has 3 amide bonds. The van der Waals surface area contributed by atoms with Crippen LogP contribution in [0.2, 0.25) is 0 Å². The van der Waals surface area contributed by atoms with E-state index < -0.39 is 11.9 Å². The van der Waals surface area contributed by atoms with Crippen molar-refractivity contribution in [2.75, 3.05) is 0 Å². The predicted molar refractivity (Wildman–Crippen MR) is 73.8 cm³/mol. The summed E-state index contributed by atoms with van der Waals surface area (Å²) in [7, 11) is 0. The van der Waals surface area contributed by atoms with E-state index >= 15 is 0 Å². The van der Waals surface area contributed by atoms with Crippen LogP contribution in [0.1, 0.15) is 29.1 Å². The van der Waals surface area contributed by atoms with Gasteiger partial charge in [0.2, 0.25) is 0 Å². The monoisotopic (exact) mass is 286 g/mol. The van der Waals surface area contributed by atoms with Crippen molar-refractivity contribution < 1.29 is 9.59 Å². The molecule has 108 valence electrons. The van der Waals surface area contributed by atoms with Crippen LogP contribution in [0, 0.1) is 0 Å². The lowest BCUT2D eigenvalue weighted by molar-refractivity contribution is 0.0930. The molecule has 0 aliphatic heterocycles. The highest BCUT2D eigenvalue weighted by Crippen LogP contribution is 2.06. The number of hydrogen-bond acceptors (Lipinski definition) is 5. The van der Waals surface area contributed by atoms with Crippen LogP contribution in [0.25, 0.3) is 0 Å². The highest BCUT2D eigenvalue weighted by atomic mass is 16.2. The van der Waals surface area contributed by atoms with Crippen molar-refractivity contribution in [2.45, 2.75) is 13.0 Å². The van der Waals surface area contributed by atoms with Crippen molar-refractivity contribution in [3.8, 4) is 0 Å². The fourth-order valence-corrected chi connectivity index (χ4v) is 1.53. The van der Waals surface area contributed by atoms with Crippen molar-refractivity contribution >= 4 is 11.9 Å². The summed E-state index contributed by atoms with van der Waals surface area (Å²) in [5.74, 6) is -0.552. The zero-order valence-electron chi connectivity index (χ0n) is 11.3. The number of nitrogens with zero attached hydrogens (tertiary/aromatic N) is 3. The number of hydrogen-bond donors (Lipinski definition) is 3. The Morgan fingerprint density at radius 1 is 1.10 bits per heavy atom. The molecule has 0 aliphatic rings. The molecular weight excluding hydrogens is 272 g/mol. The Hall–Kier alpha value is -3.03. The predicted octanol–water partition coefficient (Wildman–Crippen LogP) is 0.577. The summed E-state index contributed by atoms with van der Waals surface area (Å²) in [6.45, 7) is 1.78. The minimum absolute atomic E-state index is 0.107. The topological polar surface area (TPSA) is 109 Å². The van der Waals surface area contributed by atoms with Crippen LogP contribution in [0.15, 0.2) is 43.0 Å². The van der Waals surface area contributed by atoms with Crippen LogP contribution >= 0.6 is 0 Å². The Labute approximate surface area is 121 Å². The number of pyridine rings is 1. The molecule has 0 bridgehead atoms. The maximum absolute atomic E-state index is 11.7. The van der Waals surface area contributed by atoms with E-state index in [9.17, 15) is 9.59 Å². The van der Waals surface area contributed by atoms with Crippen LogP contribution in [0.5, 0.6) is 0 Å². The number of urea groups is 1. The molecule has 21 heavy (non-hydrogen) atoms. The van der Waals surface area contributed by atoms with Gasteiger partial charge in [-0.25, -0.2) is 15.2 Å². The van der Waals surface area contributed by atoms with Crippen LogP contribution < -0.4 is 16.2 Å². The van der Waals surface area contributed by atoms with E-state index in [1.54, 1.807) is 25.3 Å². The van der Waals surface area contributed by atoms with E-state index in [-0.39, 0.29) is 11.7 Å². The first-order chi connectivity index (χ1) is 10.2. The van der Waals surface area contributed by atoms with Gasteiger partial charge in [0.1, 0.15) is 5.69 Å². The van der Waals surface area contributed by atoms with Gasteiger partial charge in [-0.3, -0.25) is 20.2 Å². The van der Waals surface area contributed by atoms with Gasteiger partial charge in [-0.15, -0.1) is 0 Å². The van der Waals surface area contributed by atoms with Crippen LogP contribution in [-0.4, -0.2) is 26.9 Å². The first kappa shape index (κ1) is 14.4. The number of carbonyl (C=O) groups excluding carboxylic acids is 2. The first-order valence-electron chi connectivity index (χ1n) is 6.20. The Morgan fingerprint density at radius 2 is 1.95 bits per heavy atom. The SMILES string of the molecule is CC(NC(=O)NNC(=O)c1cnccn1)c1ccccn1. The largest absolute Gasteiger partial charge is 0.334 e. The summed E-state index contributed by atoms with van der Waals surface area (Å²) < 4.78 is 0. The number of nitrogens with one attached hydrogen (secondary N) is 3. The third-order valence-electron chi connectivity index (χ3n) is 2.56. The van der Waals surface area contributed by atoms with Crippen molar-refractivity contribution in [1.82, 2.24) is 31.1 Å². The minimum atomic E-state index is -0.552. The molecule has 0 spiro atoms. The second-order valence-electron chi connectivity index (χ2n) is 4.12. The summed E-state index contributed by atoms with van der Waals surface area (Å²) in [5, 5.41) is 2.64. The normalized spacial score (nSPS) is 11.3. The summed E-state index contributed by atoms with van der Waals surface area (Å²) in [4.78, 5) is 35.0. The average molecular weight is 286 g/mol. The zero-order valence-corrected chi connectivity index (χ0v) is 11.3. The molecule has 2 heterocycles. The number of aromatic nitrogens is 3. The first-order valence-corrected chi connectivity index (χ1v) is 6.20.